The van der Waals surface area contributed by atoms with E-state index in [1.54, 1.807) is 6.07 Å². The number of benzene rings is 1. The Morgan fingerprint density at radius 2 is 2.14 bits per heavy atom. The number of nitrogens with zero attached hydrogens (tertiary/aromatic N) is 2. The molecule has 2 rings (SSSR count). The molecule has 0 saturated carbocycles. The maximum Gasteiger partial charge on any atom is 0.165 e. The smallest absolute Gasteiger partial charge is 0.165 e. The molecule has 0 aliphatic heterocycles. The average molecular weight is 209 g/mol. The van der Waals surface area contributed by atoms with E-state index in [-0.39, 0.29) is 5.82 Å². The van der Waals surface area contributed by atoms with Gasteiger partial charge in [-0.05, 0) is 24.6 Å². The van der Waals surface area contributed by atoms with Gasteiger partial charge in [0.2, 0.25) is 0 Å². The largest absolute Gasteiger partial charge is 0.381 e. The van der Waals surface area contributed by atoms with Crippen LogP contribution in [-0.2, 0) is 0 Å². The van der Waals surface area contributed by atoms with Gasteiger partial charge in [-0.3, -0.25) is 0 Å². The van der Waals surface area contributed by atoms with Gasteiger partial charge >= 0.3 is 0 Å². The van der Waals surface area contributed by atoms with Gasteiger partial charge in [0.1, 0.15) is 11.5 Å². The van der Waals surface area contributed by atoms with Crippen LogP contribution < -0.4 is 5.73 Å². The van der Waals surface area contributed by atoms with Crippen LogP contribution in [0, 0.1) is 12.7 Å². The highest BCUT2D eigenvalue weighted by Gasteiger charge is 2.10. The van der Waals surface area contributed by atoms with Crippen molar-refractivity contribution < 1.29 is 4.39 Å². The van der Waals surface area contributed by atoms with Crippen LogP contribution in [0.1, 0.15) is 5.56 Å². The number of rotatable bonds is 1. The normalized spacial score (nSPS) is 10.4. The van der Waals surface area contributed by atoms with Crippen LogP contribution in [0.3, 0.4) is 0 Å². The van der Waals surface area contributed by atoms with E-state index < -0.39 is 0 Å². The lowest BCUT2D eigenvalue weighted by Crippen LogP contribution is -1.91. The molecule has 14 heavy (non-hydrogen) atoms. The summed E-state index contributed by atoms with van der Waals surface area (Å²) in [5.74, 6) is 0.0571. The first kappa shape index (κ1) is 9.08. The zero-order valence-corrected chi connectivity index (χ0v) is 8.31. The summed E-state index contributed by atoms with van der Waals surface area (Å²) in [6.07, 6.45) is 0. The maximum absolute atomic E-state index is 13.0. The molecule has 2 N–H and O–H groups in total. The second-order valence-electron chi connectivity index (χ2n) is 2.96. The van der Waals surface area contributed by atoms with Gasteiger partial charge in [0, 0.05) is 5.56 Å². The summed E-state index contributed by atoms with van der Waals surface area (Å²) in [6.45, 7) is 1.88. The first-order chi connectivity index (χ1) is 6.68. The van der Waals surface area contributed by atoms with E-state index in [2.05, 4.69) is 8.75 Å². The molecule has 1 aromatic heterocycles. The monoisotopic (exact) mass is 209 g/mol. The summed E-state index contributed by atoms with van der Waals surface area (Å²) in [5.41, 5.74) is 7.81. The number of hydrogen-bond acceptors (Lipinski definition) is 4. The Morgan fingerprint density at radius 1 is 1.36 bits per heavy atom. The van der Waals surface area contributed by atoms with E-state index in [1.807, 2.05) is 6.92 Å². The molecule has 72 valence electrons. The third-order valence-electron chi connectivity index (χ3n) is 1.97. The predicted molar refractivity (Wildman–Crippen MR) is 54.5 cm³/mol. The Hall–Kier alpha value is -1.49. The minimum absolute atomic E-state index is 0.294. The molecule has 0 aliphatic carbocycles. The van der Waals surface area contributed by atoms with Gasteiger partial charge in [-0.1, -0.05) is 6.07 Å². The number of aryl methyl sites for hydroxylation is 1. The third-order valence-corrected chi connectivity index (χ3v) is 2.51. The van der Waals surface area contributed by atoms with Gasteiger partial charge in [-0.15, -0.1) is 0 Å². The molecule has 0 bridgehead atoms. The van der Waals surface area contributed by atoms with Crippen molar-refractivity contribution in [2.75, 3.05) is 5.73 Å². The van der Waals surface area contributed by atoms with Gasteiger partial charge < -0.3 is 5.73 Å². The van der Waals surface area contributed by atoms with Crippen molar-refractivity contribution in [1.82, 2.24) is 8.75 Å². The summed E-state index contributed by atoms with van der Waals surface area (Å²) in [5, 5.41) is 0. The number of hydrogen-bond donors (Lipinski definition) is 1. The van der Waals surface area contributed by atoms with E-state index in [0.29, 0.717) is 17.1 Å². The van der Waals surface area contributed by atoms with Gasteiger partial charge in [-0.2, -0.15) is 8.75 Å². The first-order valence-electron chi connectivity index (χ1n) is 4.03. The molecular weight excluding hydrogens is 201 g/mol. The summed E-state index contributed by atoms with van der Waals surface area (Å²) >= 11 is 1.03. The van der Waals surface area contributed by atoms with Crippen LogP contribution in [-0.4, -0.2) is 8.75 Å². The van der Waals surface area contributed by atoms with Crippen molar-refractivity contribution >= 4 is 17.5 Å². The van der Waals surface area contributed by atoms with Gasteiger partial charge in [-0.25, -0.2) is 4.39 Å². The molecule has 0 saturated heterocycles. The lowest BCUT2D eigenvalue weighted by molar-refractivity contribution is 0.628. The van der Waals surface area contributed by atoms with Crippen molar-refractivity contribution in [1.29, 1.82) is 0 Å². The molecular formula is C9H8FN3S. The molecule has 3 nitrogen and oxygen atoms in total. The highest BCUT2D eigenvalue weighted by molar-refractivity contribution is 6.99. The Bertz CT molecular complexity index is 467. The number of nitrogen functional groups attached to an aromatic ring is 1. The van der Waals surface area contributed by atoms with Crippen molar-refractivity contribution in [3.05, 3.63) is 29.6 Å². The molecule has 0 fully saturated rings. The summed E-state index contributed by atoms with van der Waals surface area (Å²) in [6, 6.07) is 4.53. The quantitative estimate of drug-likeness (QED) is 0.783. The lowest BCUT2D eigenvalue weighted by Gasteiger charge is -2.02. The number of aromatic nitrogens is 2. The molecule has 0 atom stereocenters. The highest BCUT2D eigenvalue weighted by atomic mass is 32.1. The van der Waals surface area contributed by atoms with E-state index in [0.717, 1.165) is 17.3 Å². The topological polar surface area (TPSA) is 51.8 Å². The highest BCUT2D eigenvalue weighted by Crippen LogP contribution is 2.27. The SMILES string of the molecule is Cc1ccc(F)cc1-c1nsnc1N. The van der Waals surface area contributed by atoms with E-state index in [4.69, 9.17) is 5.73 Å². The molecule has 0 amide bonds. The third kappa shape index (κ3) is 1.46. The number of anilines is 1. The Kier molecular flexibility index (Phi) is 2.17. The van der Waals surface area contributed by atoms with Gasteiger partial charge in [0.05, 0.1) is 11.7 Å². The van der Waals surface area contributed by atoms with Crippen LogP contribution in [0.5, 0.6) is 0 Å². The molecule has 1 heterocycles. The number of halogens is 1. The van der Waals surface area contributed by atoms with E-state index in [1.165, 1.54) is 12.1 Å². The van der Waals surface area contributed by atoms with Crippen LogP contribution in [0.25, 0.3) is 11.3 Å². The molecule has 0 radical (unpaired) electrons. The van der Waals surface area contributed by atoms with Crippen LogP contribution >= 0.6 is 11.7 Å². The summed E-state index contributed by atoms with van der Waals surface area (Å²) in [7, 11) is 0. The standard InChI is InChI=1S/C9H8FN3S/c1-5-2-3-6(10)4-7(5)8-9(11)13-14-12-8/h2-4H,1H3,(H2,11,13). The minimum Gasteiger partial charge on any atom is -0.381 e. The van der Waals surface area contributed by atoms with Crippen molar-refractivity contribution in [3.63, 3.8) is 0 Å². The summed E-state index contributed by atoms with van der Waals surface area (Å²) in [4.78, 5) is 0. The first-order valence-corrected chi connectivity index (χ1v) is 4.76. The van der Waals surface area contributed by atoms with Crippen molar-refractivity contribution in [3.8, 4) is 11.3 Å². The second kappa shape index (κ2) is 3.34. The maximum atomic E-state index is 13.0. The molecule has 0 spiro atoms. The fourth-order valence-electron chi connectivity index (χ4n) is 1.23. The van der Waals surface area contributed by atoms with Gasteiger partial charge in [0.15, 0.2) is 5.82 Å². The number of nitrogens with two attached hydrogens (primary N) is 1. The zero-order chi connectivity index (χ0) is 10.1. The Morgan fingerprint density at radius 3 is 2.79 bits per heavy atom. The Balaban J connectivity index is 2.62. The fourth-order valence-corrected chi connectivity index (χ4v) is 1.72. The Labute approximate surface area is 84.7 Å². The molecule has 1 aromatic carbocycles. The molecule has 0 aliphatic rings. The molecule has 0 unspecified atom stereocenters. The predicted octanol–water partition coefficient (Wildman–Crippen LogP) is 2.23. The fraction of sp³-hybridized carbons (Fsp3) is 0.111. The zero-order valence-electron chi connectivity index (χ0n) is 7.49. The van der Waals surface area contributed by atoms with Crippen LogP contribution in [0.2, 0.25) is 0 Å². The second-order valence-corrected chi connectivity index (χ2v) is 3.49. The van der Waals surface area contributed by atoms with Crippen molar-refractivity contribution in [2.24, 2.45) is 0 Å². The van der Waals surface area contributed by atoms with E-state index >= 15 is 0 Å². The van der Waals surface area contributed by atoms with Gasteiger partial charge in [0.25, 0.3) is 0 Å². The minimum atomic E-state index is -0.294. The van der Waals surface area contributed by atoms with Crippen LogP contribution in [0.4, 0.5) is 10.2 Å². The lowest BCUT2D eigenvalue weighted by atomic mass is 10.1. The van der Waals surface area contributed by atoms with E-state index in [9.17, 15) is 4.39 Å². The molecule has 2 aromatic rings. The van der Waals surface area contributed by atoms with Crippen LogP contribution in [0.15, 0.2) is 18.2 Å². The summed E-state index contributed by atoms with van der Waals surface area (Å²) < 4.78 is 20.9. The molecule has 5 heteroatoms. The average Bonchev–Trinajstić information content (AvgIpc) is 2.56. The van der Waals surface area contributed by atoms with Crippen molar-refractivity contribution in [2.45, 2.75) is 6.92 Å².